The zero-order valence-corrected chi connectivity index (χ0v) is 12.5. The minimum Gasteiger partial charge on any atom is -0.380 e. The molecule has 0 fully saturated rings. The molecule has 1 N–H and O–H groups in total. The minimum atomic E-state index is -0.740. The van der Waals surface area contributed by atoms with Gasteiger partial charge in [0.05, 0.1) is 27.8 Å². The van der Waals surface area contributed by atoms with Crippen molar-refractivity contribution >= 4 is 15.9 Å². The van der Waals surface area contributed by atoms with E-state index in [0.717, 1.165) is 21.6 Å². The Morgan fingerprint density at radius 2 is 2.06 bits per heavy atom. The Bertz CT molecular complexity index is 558. The fraction of sp³-hybridized carbons (Fsp3) is 0.500. The number of halogens is 1. The fourth-order valence-electron chi connectivity index (χ4n) is 2.04. The van der Waals surface area contributed by atoms with Crippen LogP contribution in [0.25, 0.3) is 0 Å². The number of hydrogen-bond acceptors (Lipinski definition) is 3. The first-order valence-corrected chi connectivity index (χ1v) is 6.62. The number of hydrogen-bond donors (Lipinski definition) is 1. The lowest BCUT2D eigenvalue weighted by molar-refractivity contribution is 0.194. The SMILES string of the molecule is Cc1cc(C(O)c2c(Br)cnn2C(C)C)n(C)n1. The summed E-state index contributed by atoms with van der Waals surface area (Å²) in [5, 5.41) is 19.1. The molecule has 0 bridgehead atoms. The molecule has 0 aromatic carbocycles. The average Bonchev–Trinajstić information content (AvgIpc) is 2.81. The van der Waals surface area contributed by atoms with Crippen LogP contribution >= 0.6 is 15.9 Å². The standard InChI is InChI=1S/C12H17BrN4O/c1-7(2)17-11(9(13)6-14-17)12(18)10-5-8(3)15-16(10)4/h5-7,12,18H,1-4H3. The maximum Gasteiger partial charge on any atom is 0.138 e. The van der Waals surface area contributed by atoms with Crippen molar-refractivity contribution in [1.82, 2.24) is 19.6 Å². The summed E-state index contributed by atoms with van der Waals surface area (Å²) in [5.74, 6) is 0. The largest absolute Gasteiger partial charge is 0.380 e. The van der Waals surface area contributed by atoms with Crippen LogP contribution in [0, 0.1) is 6.92 Å². The highest BCUT2D eigenvalue weighted by Gasteiger charge is 2.23. The summed E-state index contributed by atoms with van der Waals surface area (Å²) >= 11 is 3.44. The van der Waals surface area contributed by atoms with E-state index in [2.05, 4.69) is 26.1 Å². The van der Waals surface area contributed by atoms with Gasteiger partial charge < -0.3 is 5.11 Å². The highest BCUT2D eigenvalue weighted by molar-refractivity contribution is 9.10. The van der Waals surface area contributed by atoms with E-state index >= 15 is 0 Å². The maximum atomic E-state index is 10.5. The Morgan fingerprint density at radius 1 is 1.39 bits per heavy atom. The number of aryl methyl sites for hydroxylation is 2. The van der Waals surface area contributed by atoms with Gasteiger partial charge >= 0.3 is 0 Å². The van der Waals surface area contributed by atoms with Gasteiger partial charge in [0.1, 0.15) is 6.10 Å². The van der Waals surface area contributed by atoms with Crippen LogP contribution in [0.5, 0.6) is 0 Å². The van der Waals surface area contributed by atoms with E-state index in [1.54, 1.807) is 10.9 Å². The summed E-state index contributed by atoms with van der Waals surface area (Å²) < 4.78 is 4.32. The molecular weight excluding hydrogens is 296 g/mol. The topological polar surface area (TPSA) is 55.9 Å². The van der Waals surface area contributed by atoms with E-state index in [1.807, 2.05) is 38.6 Å². The Morgan fingerprint density at radius 3 is 2.56 bits per heavy atom. The molecule has 18 heavy (non-hydrogen) atoms. The fourth-order valence-corrected chi connectivity index (χ4v) is 2.53. The molecule has 0 amide bonds. The predicted octanol–water partition coefficient (Wildman–Crippen LogP) is 2.35. The first kappa shape index (κ1) is 13.3. The number of aliphatic hydroxyl groups is 1. The molecule has 0 aliphatic carbocycles. The van der Waals surface area contributed by atoms with Crippen molar-refractivity contribution in [2.45, 2.75) is 32.9 Å². The summed E-state index contributed by atoms with van der Waals surface area (Å²) in [6.07, 6.45) is 0.970. The van der Waals surface area contributed by atoms with E-state index in [9.17, 15) is 5.11 Å². The Kier molecular flexibility index (Phi) is 3.59. The first-order chi connectivity index (χ1) is 8.41. The van der Waals surface area contributed by atoms with Crippen LogP contribution in [0.15, 0.2) is 16.7 Å². The molecule has 2 rings (SSSR count). The molecule has 2 aromatic rings. The van der Waals surface area contributed by atoms with Crippen molar-refractivity contribution in [3.63, 3.8) is 0 Å². The van der Waals surface area contributed by atoms with Crippen LogP contribution in [-0.4, -0.2) is 24.7 Å². The lowest BCUT2D eigenvalue weighted by atomic mass is 10.1. The second kappa shape index (κ2) is 4.85. The second-order valence-electron chi connectivity index (χ2n) is 4.65. The van der Waals surface area contributed by atoms with E-state index in [4.69, 9.17) is 0 Å². The molecule has 1 unspecified atom stereocenters. The molecule has 0 aliphatic rings. The number of nitrogens with zero attached hydrogens (tertiary/aromatic N) is 4. The van der Waals surface area contributed by atoms with Crippen molar-refractivity contribution < 1.29 is 5.11 Å². The molecule has 0 spiro atoms. The number of aliphatic hydroxyl groups excluding tert-OH is 1. The smallest absolute Gasteiger partial charge is 0.138 e. The molecule has 2 heterocycles. The summed E-state index contributed by atoms with van der Waals surface area (Å²) in [6, 6.07) is 2.07. The van der Waals surface area contributed by atoms with Gasteiger partial charge in [0.2, 0.25) is 0 Å². The van der Waals surface area contributed by atoms with Crippen molar-refractivity contribution in [2.75, 3.05) is 0 Å². The molecule has 0 saturated carbocycles. The van der Waals surface area contributed by atoms with Gasteiger partial charge in [-0.15, -0.1) is 0 Å². The van der Waals surface area contributed by atoms with Crippen molar-refractivity contribution in [3.8, 4) is 0 Å². The normalized spacial score (nSPS) is 13.3. The molecule has 1 atom stereocenters. The predicted molar refractivity (Wildman–Crippen MR) is 72.3 cm³/mol. The Balaban J connectivity index is 2.48. The summed E-state index contributed by atoms with van der Waals surface area (Å²) in [4.78, 5) is 0. The molecule has 98 valence electrons. The maximum absolute atomic E-state index is 10.5. The van der Waals surface area contributed by atoms with E-state index in [0.29, 0.717) is 0 Å². The minimum absolute atomic E-state index is 0.190. The van der Waals surface area contributed by atoms with E-state index < -0.39 is 6.10 Å². The first-order valence-electron chi connectivity index (χ1n) is 5.83. The van der Waals surface area contributed by atoms with Crippen LogP contribution in [0.4, 0.5) is 0 Å². The third-order valence-corrected chi connectivity index (χ3v) is 3.46. The number of rotatable bonds is 3. The highest BCUT2D eigenvalue weighted by atomic mass is 79.9. The van der Waals surface area contributed by atoms with Gasteiger partial charge in [0.25, 0.3) is 0 Å². The van der Waals surface area contributed by atoms with Crippen LogP contribution < -0.4 is 0 Å². The van der Waals surface area contributed by atoms with Gasteiger partial charge in [-0.25, -0.2) is 0 Å². The average molecular weight is 313 g/mol. The van der Waals surface area contributed by atoms with Crippen LogP contribution in [-0.2, 0) is 7.05 Å². The van der Waals surface area contributed by atoms with Gasteiger partial charge in [0, 0.05) is 13.1 Å². The number of aromatic nitrogens is 4. The van der Waals surface area contributed by atoms with Crippen LogP contribution in [0.1, 0.15) is 43.1 Å². The highest BCUT2D eigenvalue weighted by Crippen LogP contribution is 2.30. The van der Waals surface area contributed by atoms with Gasteiger partial charge in [-0.1, -0.05) is 0 Å². The quantitative estimate of drug-likeness (QED) is 0.946. The lowest BCUT2D eigenvalue weighted by Crippen LogP contribution is -2.15. The van der Waals surface area contributed by atoms with Crippen molar-refractivity contribution in [2.24, 2.45) is 7.05 Å². The molecular formula is C12H17BrN4O. The zero-order valence-electron chi connectivity index (χ0n) is 10.9. The van der Waals surface area contributed by atoms with Gasteiger partial charge in [-0.05, 0) is 42.8 Å². The molecule has 5 nitrogen and oxygen atoms in total. The Hall–Kier alpha value is -1.14. The van der Waals surface area contributed by atoms with Gasteiger partial charge in [-0.2, -0.15) is 10.2 Å². The Labute approximate surface area is 115 Å². The lowest BCUT2D eigenvalue weighted by Gasteiger charge is -2.16. The summed E-state index contributed by atoms with van der Waals surface area (Å²) in [6.45, 7) is 5.97. The zero-order chi connectivity index (χ0) is 13.4. The van der Waals surface area contributed by atoms with Crippen molar-refractivity contribution in [1.29, 1.82) is 0 Å². The summed E-state index contributed by atoms with van der Waals surface area (Å²) in [7, 11) is 1.83. The molecule has 0 aliphatic heterocycles. The van der Waals surface area contributed by atoms with Gasteiger partial charge in [0.15, 0.2) is 0 Å². The van der Waals surface area contributed by atoms with E-state index in [1.165, 1.54) is 0 Å². The third kappa shape index (κ3) is 2.22. The molecule has 0 saturated heterocycles. The molecule has 6 heteroatoms. The van der Waals surface area contributed by atoms with Crippen LogP contribution in [0.2, 0.25) is 0 Å². The summed E-state index contributed by atoms with van der Waals surface area (Å²) in [5.41, 5.74) is 2.40. The van der Waals surface area contributed by atoms with E-state index in [-0.39, 0.29) is 6.04 Å². The molecule has 2 aromatic heterocycles. The van der Waals surface area contributed by atoms with Gasteiger partial charge in [-0.3, -0.25) is 9.36 Å². The second-order valence-corrected chi connectivity index (χ2v) is 5.51. The van der Waals surface area contributed by atoms with Crippen LogP contribution in [0.3, 0.4) is 0 Å². The molecule has 0 radical (unpaired) electrons. The monoisotopic (exact) mass is 312 g/mol. The third-order valence-electron chi connectivity index (χ3n) is 2.85. The van der Waals surface area contributed by atoms with Crippen molar-refractivity contribution in [3.05, 3.63) is 33.8 Å².